The predicted octanol–water partition coefficient (Wildman–Crippen LogP) is 6.17. The van der Waals surface area contributed by atoms with Crippen molar-refractivity contribution in [1.82, 2.24) is 0 Å². The maximum Gasteiger partial charge on any atom is 0.298 e. The summed E-state index contributed by atoms with van der Waals surface area (Å²) in [6, 6.07) is 0. The highest BCUT2D eigenvalue weighted by Crippen LogP contribution is 2.69. The van der Waals surface area contributed by atoms with Gasteiger partial charge in [-0.3, -0.25) is 14.4 Å². The van der Waals surface area contributed by atoms with Gasteiger partial charge in [0.15, 0.2) is 5.76 Å². The Morgan fingerprint density at radius 2 is 1.74 bits per heavy atom. The SMILES string of the molecule is CC1=C(OC=O)C(=O)C=C2C1=CC=C1C2(C)CCC2C3CC(C)CCC3(C)CCC12C.O=CO. The summed E-state index contributed by atoms with van der Waals surface area (Å²) >= 11 is 0. The van der Waals surface area contributed by atoms with Gasteiger partial charge in [-0.05, 0) is 91.3 Å². The van der Waals surface area contributed by atoms with Gasteiger partial charge in [-0.1, -0.05) is 51.8 Å². The van der Waals surface area contributed by atoms with Crippen molar-refractivity contribution in [3.05, 3.63) is 46.3 Å². The predicted molar refractivity (Wildman–Crippen MR) is 131 cm³/mol. The van der Waals surface area contributed by atoms with Crippen molar-refractivity contribution >= 4 is 18.7 Å². The second-order valence-electron chi connectivity index (χ2n) is 11.9. The number of carboxylic acid groups (broad SMARTS) is 1. The van der Waals surface area contributed by atoms with E-state index in [1.54, 1.807) is 6.08 Å². The summed E-state index contributed by atoms with van der Waals surface area (Å²) in [5.41, 5.74) is 5.10. The first-order chi connectivity index (χ1) is 16.1. The second-order valence-corrected chi connectivity index (χ2v) is 11.9. The van der Waals surface area contributed by atoms with Crippen LogP contribution in [0.3, 0.4) is 0 Å². The average Bonchev–Trinajstić information content (AvgIpc) is 2.78. The van der Waals surface area contributed by atoms with Crippen LogP contribution in [0.2, 0.25) is 0 Å². The number of fused-ring (bicyclic) bond motifs is 7. The van der Waals surface area contributed by atoms with Gasteiger partial charge in [0.05, 0.1) is 0 Å². The van der Waals surface area contributed by atoms with E-state index in [9.17, 15) is 9.59 Å². The number of carbonyl (C=O) groups is 3. The fourth-order valence-corrected chi connectivity index (χ4v) is 8.27. The normalized spacial score (nSPS) is 40.6. The molecule has 1 N–H and O–H groups in total. The van der Waals surface area contributed by atoms with Crippen LogP contribution in [0.15, 0.2) is 46.3 Å². The zero-order chi connectivity index (χ0) is 24.9. The minimum Gasteiger partial charge on any atom is -0.483 e. The molecule has 0 saturated heterocycles. The highest BCUT2D eigenvalue weighted by Gasteiger charge is 2.60. The molecule has 3 fully saturated rings. The lowest BCUT2D eigenvalue weighted by atomic mass is 9.40. The molecule has 0 amide bonds. The Morgan fingerprint density at radius 3 is 2.41 bits per heavy atom. The molecular weight excluding hydrogens is 428 g/mol. The van der Waals surface area contributed by atoms with Crippen LogP contribution in [0.5, 0.6) is 0 Å². The first-order valence-electron chi connectivity index (χ1n) is 12.6. The summed E-state index contributed by atoms with van der Waals surface area (Å²) in [7, 11) is 0. The molecule has 0 spiro atoms. The van der Waals surface area contributed by atoms with Crippen LogP contribution in [0.25, 0.3) is 0 Å². The minimum absolute atomic E-state index is 0.118. The Morgan fingerprint density at radius 1 is 1.03 bits per heavy atom. The van der Waals surface area contributed by atoms with Crippen molar-refractivity contribution in [2.45, 2.75) is 79.6 Å². The van der Waals surface area contributed by atoms with Gasteiger partial charge < -0.3 is 9.84 Å². The van der Waals surface area contributed by atoms with Crippen LogP contribution < -0.4 is 0 Å². The van der Waals surface area contributed by atoms with Gasteiger partial charge in [0, 0.05) is 11.0 Å². The summed E-state index contributed by atoms with van der Waals surface area (Å²) < 4.78 is 5.05. The van der Waals surface area contributed by atoms with Crippen LogP contribution in [-0.2, 0) is 19.1 Å². The first kappa shape index (κ1) is 24.7. The Hall–Kier alpha value is -2.43. The summed E-state index contributed by atoms with van der Waals surface area (Å²) in [6.07, 6.45) is 15.3. The first-order valence-corrected chi connectivity index (χ1v) is 12.6. The number of hydrogen-bond donors (Lipinski definition) is 1. The van der Waals surface area contributed by atoms with Crippen molar-refractivity contribution < 1.29 is 24.2 Å². The molecule has 5 aliphatic rings. The Kier molecular flexibility index (Phi) is 6.28. The van der Waals surface area contributed by atoms with Gasteiger partial charge >= 0.3 is 0 Å². The van der Waals surface area contributed by atoms with Crippen LogP contribution in [0.1, 0.15) is 79.6 Å². The summed E-state index contributed by atoms with van der Waals surface area (Å²) in [6.45, 7) is 11.9. The molecule has 0 heterocycles. The maximum atomic E-state index is 12.8. The number of carbonyl (C=O) groups excluding carboxylic acids is 2. The van der Waals surface area contributed by atoms with Gasteiger partial charge in [0.25, 0.3) is 12.9 Å². The van der Waals surface area contributed by atoms with E-state index < -0.39 is 0 Å². The summed E-state index contributed by atoms with van der Waals surface area (Å²) in [5.74, 6) is 2.37. The maximum absolute atomic E-state index is 12.8. The lowest BCUT2D eigenvalue weighted by Gasteiger charge is -2.64. The van der Waals surface area contributed by atoms with Crippen LogP contribution in [0.4, 0.5) is 0 Å². The largest absolute Gasteiger partial charge is 0.483 e. The molecule has 0 aliphatic heterocycles. The van der Waals surface area contributed by atoms with E-state index in [1.165, 1.54) is 44.1 Å². The number of allylic oxidation sites excluding steroid dienone is 7. The van der Waals surface area contributed by atoms with Crippen LogP contribution in [-0.4, -0.2) is 23.8 Å². The number of hydrogen-bond acceptors (Lipinski definition) is 4. The molecule has 0 aromatic carbocycles. The van der Waals surface area contributed by atoms with Crippen molar-refractivity contribution in [3.63, 3.8) is 0 Å². The molecule has 5 nitrogen and oxygen atoms in total. The second kappa shape index (κ2) is 8.66. The third-order valence-corrected chi connectivity index (χ3v) is 10.2. The van der Waals surface area contributed by atoms with Crippen molar-refractivity contribution in [3.8, 4) is 0 Å². The van der Waals surface area contributed by atoms with Gasteiger partial charge in [-0.2, -0.15) is 0 Å². The molecule has 5 heteroatoms. The summed E-state index contributed by atoms with van der Waals surface area (Å²) in [5, 5.41) is 6.89. The molecule has 0 aromatic rings. The highest BCUT2D eigenvalue weighted by molar-refractivity contribution is 6.07. The van der Waals surface area contributed by atoms with Crippen molar-refractivity contribution in [1.29, 1.82) is 0 Å². The third kappa shape index (κ3) is 3.54. The molecule has 6 atom stereocenters. The minimum atomic E-state index is -0.250. The molecule has 0 bridgehead atoms. The molecule has 184 valence electrons. The van der Waals surface area contributed by atoms with Crippen molar-refractivity contribution in [2.24, 2.45) is 34.0 Å². The third-order valence-electron chi connectivity index (χ3n) is 10.2. The molecule has 34 heavy (non-hydrogen) atoms. The molecule has 3 saturated carbocycles. The van der Waals surface area contributed by atoms with E-state index in [0.29, 0.717) is 11.9 Å². The molecule has 0 aromatic heterocycles. The molecular formula is C29H38O5. The van der Waals surface area contributed by atoms with E-state index in [-0.39, 0.29) is 28.8 Å². The average molecular weight is 467 g/mol. The van der Waals surface area contributed by atoms with Crippen molar-refractivity contribution in [2.75, 3.05) is 0 Å². The topological polar surface area (TPSA) is 80.7 Å². The van der Waals surface area contributed by atoms with Crippen LogP contribution >= 0.6 is 0 Å². The van der Waals surface area contributed by atoms with E-state index in [0.717, 1.165) is 40.9 Å². The lowest BCUT2D eigenvalue weighted by Crippen LogP contribution is -2.55. The molecule has 5 aliphatic carbocycles. The van der Waals surface area contributed by atoms with E-state index >= 15 is 0 Å². The smallest absolute Gasteiger partial charge is 0.298 e. The van der Waals surface area contributed by atoms with E-state index in [2.05, 4.69) is 39.8 Å². The molecule has 5 rings (SSSR count). The fourth-order valence-electron chi connectivity index (χ4n) is 8.27. The number of ether oxygens (including phenoxy) is 1. The van der Waals surface area contributed by atoms with Gasteiger partial charge in [0.2, 0.25) is 5.78 Å². The van der Waals surface area contributed by atoms with Gasteiger partial charge in [-0.15, -0.1) is 0 Å². The number of rotatable bonds is 2. The zero-order valence-corrected chi connectivity index (χ0v) is 21.1. The van der Waals surface area contributed by atoms with Gasteiger partial charge in [0.1, 0.15) is 0 Å². The monoisotopic (exact) mass is 466 g/mol. The quantitative estimate of drug-likeness (QED) is 0.492. The Labute approximate surface area is 203 Å². The number of ketones is 1. The fraction of sp³-hybridized carbons (Fsp3) is 0.621. The van der Waals surface area contributed by atoms with E-state index in [4.69, 9.17) is 14.6 Å². The highest BCUT2D eigenvalue weighted by atomic mass is 16.5. The van der Waals surface area contributed by atoms with Crippen LogP contribution in [0, 0.1) is 34.0 Å². The zero-order valence-electron chi connectivity index (χ0n) is 21.1. The standard InChI is InChI=1S/C28H36O3.CH2O2/c1-17-8-10-26(3)12-13-28(5)20(22(26)14-17)9-11-27(4)21-15-23(30)25(31-16-29)18(2)19(21)6-7-24(27)28;2-1-3/h6-7,15-17,20,22H,8-14H2,1-5H3;1H,(H,2,3). The molecule has 6 unspecified atom stereocenters. The lowest BCUT2D eigenvalue weighted by molar-refractivity contribution is -0.129. The molecule has 0 radical (unpaired) electrons. The van der Waals surface area contributed by atoms with E-state index in [1.807, 2.05) is 6.92 Å². The summed E-state index contributed by atoms with van der Waals surface area (Å²) in [4.78, 5) is 32.1. The Balaban J connectivity index is 0.000000868. The Bertz CT molecular complexity index is 1030. The van der Waals surface area contributed by atoms with Gasteiger partial charge in [-0.25, -0.2) is 0 Å².